The molecule has 96 valence electrons. The van der Waals surface area contributed by atoms with E-state index in [-0.39, 0.29) is 39.8 Å². The molecule has 0 amide bonds. The van der Waals surface area contributed by atoms with E-state index in [0.717, 1.165) is 0 Å². The number of benzene rings is 1. The number of rotatable bonds is 2. The highest BCUT2D eigenvalue weighted by molar-refractivity contribution is 6.27. The highest BCUT2D eigenvalue weighted by Gasteiger charge is 2.28. The van der Waals surface area contributed by atoms with Gasteiger partial charge in [0.25, 0.3) is 0 Å². The summed E-state index contributed by atoms with van der Waals surface area (Å²) in [6.07, 6.45) is 2.60. The van der Waals surface area contributed by atoms with Crippen molar-refractivity contribution >= 4 is 11.6 Å². The molecule has 0 bridgehead atoms. The minimum atomic E-state index is -0.361. The molecular weight excluding hydrogens is 244 g/mol. The SMILES string of the molecule is C=C(O)/C=C\C1=C(C)C(=O)c2ccc(O)cc2C1=O. The van der Waals surface area contributed by atoms with Crippen molar-refractivity contribution < 1.29 is 19.8 Å². The Morgan fingerprint density at radius 1 is 1.21 bits per heavy atom. The lowest BCUT2D eigenvalue weighted by molar-refractivity contribution is 0.0977. The lowest BCUT2D eigenvalue weighted by Gasteiger charge is -2.17. The average Bonchev–Trinajstić information content (AvgIpc) is 2.35. The molecule has 0 spiro atoms. The molecule has 0 radical (unpaired) electrons. The van der Waals surface area contributed by atoms with E-state index in [9.17, 15) is 14.7 Å². The van der Waals surface area contributed by atoms with Crippen molar-refractivity contribution in [2.75, 3.05) is 0 Å². The van der Waals surface area contributed by atoms with Gasteiger partial charge in [-0.3, -0.25) is 9.59 Å². The van der Waals surface area contributed by atoms with Gasteiger partial charge in [-0.15, -0.1) is 0 Å². The molecular formula is C15H12O4. The first-order valence-corrected chi connectivity index (χ1v) is 5.61. The summed E-state index contributed by atoms with van der Waals surface area (Å²) in [4.78, 5) is 24.4. The van der Waals surface area contributed by atoms with E-state index in [2.05, 4.69) is 6.58 Å². The van der Waals surface area contributed by atoms with Gasteiger partial charge < -0.3 is 10.2 Å². The number of phenols is 1. The van der Waals surface area contributed by atoms with Crippen molar-refractivity contribution in [1.29, 1.82) is 0 Å². The quantitative estimate of drug-likeness (QED) is 0.630. The van der Waals surface area contributed by atoms with Gasteiger partial charge in [-0.05, 0) is 37.3 Å². The molecule has 1 aromatic carbocycles. The van der Waals surface area contributed by atoms with Crippen molar-refractivity contribution in [3.8, 4) is 5.75 Å². The largest absolute Gasteiger partial charge is 0.509 e. The number of Topliss-reactive ketones (excluding diaryl/α,β-unsaturated/α-hetero) is 2. The molecule has 0 aliphatic heterocycles. The first kappa shape index (κ1) is 12.8. The van der Waals surface area contributed by atoms with E-state index < -0.39 is 0 Å². The normalized spacial score (nSPS) is 15.0. The molecule has 19 heavy (non-hydrogen) atoms. The summed E-state index contributed by atoms with van der Waals surface area (Å²) < 4.78 is 0. The Balaban J connectivity index is 2.59. The standard InChI is InChI=1S/C15H12O4/c1-8(16)3-5-11-9(2)14(18)12-6-4-10(17)7-13(12)15(11)19/h3-7,16-17H,1H2,2H3/b5-3-. The van der Waals surface area contributed by atoms with E-state index >= 15 is 0 Å². The van der Waals surface area contributed by atoms with Gasteiger partial charge in [-0.25, -0.2) is 0 Å². The maximum atomic E-state index is 12.3. The number of carbonyl (C=O) groups is 2. The zero-order valence-corrected chi connectivity index (χ0v) is 10.3. The predicted octanol–water partition coefficient (Wildman–Crippen LogP) is 2.72. The zero-order valence-electron chi connectivity index (χ0n) is 10.3. The first-order valence-electron chi connectivity index (χ1n) is 5.61. The number of hydrogen-bond acceptors (Lipinski definition) is 4. The fourth-order valence-electron chi connectivity index (χ4n) is 1.94. The third-order valence-electron chi connectivity index (χ3n) is 2.92. The second-order valence-corrected chi connectivity index (χ2v) is 4.25. The van der Waals surface area contributed by atoms with E-state index in [1.807, 2.05) is 0 Å². The molecule has 1 aromatic rings. The Morgan fingerprint density at radius 3 is 2.53 bits per heavy atom. The third-order valence-corrected chi connectivity index (χ3v) is 2.92. The van der Waals surface area contributed by atoms with Crippen molar-refractivity contribution in [3.63, 3.8) is 0 Å². The molecule has 1 aliphatic rings. The number of aromatic hydroxyl groups is 1. The smallest absolute Gasteiger partial charge is 0.194 e. The van der Waals surface area contributed by atoms with Crippen LogP contribution < -0.4 is 0 Å². The second-order valence-electron chi connectivity index (χ2n) is 4.25. The van der Waals surface area contributed by atoms with Gasteiger partial charge in [0.1, 0.15) is 11.5 Å². The van der Waals surface area contributed by atoms with Crippen LogP contribution in [-0.2, 0) is 0 Å². The number of ketones is 2. The highest BCUT2D eigenvalue weighted by Crippen LogP contribution is 2.29. The van der Waals surface area contributed by atoms with E-state index in [1.54, 1.807) is 6.92 Å². The first-order chi connectivity index (χ1) is 8.91. The second kappa shape index (κ2) is 4.57. The molecule has 0 saturated heterocycles. The number of allylic oxidation sites excluding steroid dienone is 4. The van der Waals surface area contributed by atoms with Crippen molar-refractivity contribution in [2.45, 2.75) is 6.92 Å². The summed E-state index contributed by atoms with van der Waals surface area (Å²) in [5.41, 5.74) is 0.943. The molecule has 1 aliphatic carbocycles. The number of carbonyl (C=O) groups excluding carboxylic acids is 2. The van der Waals surface area contributed by atoms with Crippen LogP contribution in [0.3, 0.4) is 0 Å². The molecule has 0 aromatic heterocycles. The summed E-state index contributed by atoms with van der Waals surface area (Å²) >= 11 is 0. The Bertz CT molecular complexity index is 663. The minimum absolute atomic E-state index is 0.0747. The highest BCUT2D eigenvalue weighted by atomic mass is 16.3. The lowest BCUT2D eigenvalue weighted by atomic mass is 9.84. The van der Waals surface area contributed by atoms with Crippen LogP contribution in [0.5, 0.6) is 5.75 Å². The zero-order chi connectivity index (χ0) is 14.2. The lowest BCUT2D eigenvalue weighted by Crippen LogP contribution is -2.19. The van der Waals surface area contributed by atoms with Crippen LogP contribution in [0.15, 0.2) is 53.8 Å². The van der Waals surface area contributed by atoms with Crippen LogP contribution in [-0.4, -0.2) is 21.8 Å². The van der Waals surface area contributed by atoms with Crippen LogP contribution in [0.25, 0.3) is 0 Å². The molecule has 0 saturated carbocycles. The van der Waals surface area contributed by atoms with E-state index in [1.165, 1.54) is 30.4 Å². The Morgan fingerprint density at radius 2 is 1.89 bits per heavy atom. The average molecular weight is 256 g/mol. The Kier molecular flexibility index (Phi) is 3.09. The summed E-state index contributed by atoms with van der Waals surface area (Å²) in [6, 6.07) is 4.07. The number of fused-ring (bicyclic) bond motifs is 1. The number of aliphatic hydroxyl groups is 1. The number of aliphatic hydroxyl groups excluding tert-OH is 1. The fourth-order valence-corrected chi connectivity index (χ4v) is 1.94. The summed E-state index contributed by atoms with van der Waals surface area (Å²) in [5, 5.41) is 18.4. The molecule has 4 heteroatoms. The summed E-state index contributed by atoms with van der Waals surface area (Å²) in [7, 11) is 0. The van der Waals surface area contributed by atoms with Crippen molar-refractivity contribution in [2.24, 2.45) is 0 Å². The van der Waals surface area contributed by atoms with Crippen LogP contribution in [0.1, 0.15) is 27.6 Å². The van der Waals surface area contributed by atoms with Crippen molar-refractivity contribution in [1.82, 2.24) is 0 Å². The maximum absolute atomic E-state index is 12.3. The topological polar surface area (TPSA) is 74.6 Å². The van der Waals surface area contributed by atoms with E-state index in [0.29, 0.717) is 5.57 Å². The number of hydrogen-bond donors (Lipinski definition) is 2. The number of phenolic OH excluding ortho intramolecular Hbond substituents is 1. The molecule has 2 rings (SSSR count). The molecule has 0 atom stereocenters. The summed E-state index contributed by atoms with van der Waals surface area (Å²) in [5.74, 6) is -0.907. The van der Waals surface area contributed by atoms with E-state index in [4.69, 9.17) is 5.11 Å². The molecule has 4 nitrogen and oxygen atoms in total. The molecule has 0 heterocycles. The van der Waals surface area contributed by atoms with Gasteiger partial charge in [-0.1, -0.05) is 6.58 Å². The summed E-state index contributed by atoms with van der Waals surface area (Å²) in [6.45, 7) is 4.83. The Labute approximate surface area is 110 Å². The van der Waals surface area contributed by atoms with Gasteiger partial charge in [-0.2, -0.15) is 0 Å². The fraction of sp³-hybridized carbons (Fsp3) is 0.0667. The van der Waals surface area contributed by atoms with Crippen LogP contribution in [0, 0.1) is 0 Å². The molecule has 0 fully saturated rings. The monoisotopic (exact) mass is 256 g/mol. The third kappa shape index (κ3) is 2.20. The predicted molar refractivity (Wildman–Crippen MR) is 70.4 cm³/mol. The van der Waals surface area contributed by atoms with Gasteiger partial charge in [0, 0.05) is 22.3 Å². The molecule has 0 unspecified atom stereocenters. The van der Waals surface area contributed by atoms with Gasteiger partial charge in [0.05, 0.1) is 0 Å². The Hall–Kier alpha value is -2.62. The van der Waals surface area contributed by atoms with Crippen LogP contribution in [0.2, 0.25) is 0 Å². The molecule has 2 N–H and O–H groups in total. The maximum Gasteiger partial charge on any atom is 0.194 e. The van der Waals surface area contributed by atoms with Gasteiger partial charge in [0.15, 0.2) is 11.6 Å². The minimum Gasteiger partial charge on any atom is -0.509 e. The van der Waals surface area contributed by atoms with Crippen LogP contribution >= 0.6 is 0 Å². The van der Waals surface area contributed by atoms with Gasteiger partial charge in [0.2, 0.25) is 0 Å². The van der Waals surface area contributed by atoms with Crippen molar-refractivity contribution in [3.05, 3.63) is 65.0 Å². The van der Waals surface area contributed by atoms with Crippen LogP contribution in [0.4, 0.5) is 0 Å². The van der Waals surface area contributed by atoms with Gasteiger partial charge >= 0.3 is 0 Å².